The average Bonchev–Trinajstić information content (AvgIpc) is 2.38. The number of carbonyl (C=O) groups is 1. The van der Waals surface area contributed by atoms with Crippen molar-refractivity contribution in [1.29, 1.82) is 0 Å². The Morgan fingerprint density at radius 2 is 1.94 bits per heavy atom. The lowest BCUT2D eigenvalue weighted by molar-refractivity contribution is 0.0992. The van der Waals surface area contributed by atoms with Crippen molar-refractivity contribution in [2.75, 3.05) is 17.7 Å². The van der Waals surface area contributed by atoms with Gasteiger partial charge in [-0.25, -0.2) is 0 Å². The monoisotopic (exact) mass is 241 g/mol. The highest BCUT2D eigenvalue weighted by atomic mass is 16.2. The van der Waals surface area contributed by atoms with Gasteiger partial charge < -0.3 is 10.6 Å². The first kappa shape index (κ1) is 12.1. The average molecular weight is 241 g/mol. The van der Waals surface area contributed by atoms with Gasteiger partial charge >= 0.3 is 0 Å². The van der Waals surface area contributed by atoms with Crippen molar-refractivity contribution >= 4 is 17.3 Å². The summed E-state index contributed by atoms with van der Waals surface area (Å²) < 4.78 is 0. The van der Waals surface area contributed by atoms with Gasteiger partial charge in [0.15, 0.2) is 0 Å². The largest absolute Gasteiger partial charge is 0.397 e. The molecule has 1 aromatic carbocycles. The summed E-state index contributed by atoms with van der Waals surface area (Å²) in [6.07, 6.45) is 1.58. The van der Waals surface area contributed by atoms with Crippen molar-refractivity contribution in [3.05, 3.63) is 53.9 Å². The van der Waals surface area contributed by atoms with E-state index in [0.717, 1.165) is 5.69 Å². The SMILES string of the molecule is Cc1ccc(C(=O)N(C)c2ccccc2N)cn1. The van der Waals surface area contributed by atoms with Crippen LogP contribution in [0.4, 0.5) is 11.4 Å². The number of nitrogen functional groups attached to an aromatic ring is 1. The summed E-state index contributed by atoms with van der Waals surface area (Å²) in [6.45, 7) is 1.88. The zero-order valence-corrected chi connectivity index (χ0v) is 10.4. The van der Waals surface area contributed by atoms with Crippen LogP contribution in [0.2, 0.25) is 0 Å². The second-order valence-corrected chi connectivity index (χ2v) is 4.11. The molecule has 0 radical (unpaired) electrons. The third-order valence-corrected chi connectivity index (χ3v) is 2.76. The van der Waals surface area contributed by atoms with E-state index in [2.05, 4.69) is 4.98 Å². The maximum Gasteiger partial charge on any atom is 0.259 e. The molecule has 0 aliphatic heterocycles. The maximum atomic E-state index is 12.2. The zero-order valence-electron chi connectivity index (χ0n) is 10.4. The molecule has 2 N–H and O–H groups in total. The van der Waals surface area contributed by atoms with Crippen molar-refractivity contribution in [3.8, 4) is 0 Å². The van der Waals surface area contributed by atoms with Crippen LogP contribution in [0, 0.1) is 6.92 Å². The predicted molar refractivity (Wildman–Crippen MR) is 72.6 cm³/mol. The fraction of sp³-hybridized carbons (Fsp3) is 0.143. The van der Waals surface area contributed by atoms with E-state index < -0.39 is 0 Å². The van der Waals surface area contributed by atoms with Crippen LogP contribution in [0.3, 0.4) is 0 Å². The molecular weight excluding hydrogens is 226 g/mol. The lowest BCUT2D eigenvalue weighted by Crippen LogP contribution is -2.27. The van der Waals surface area contributed by atoms with Crippen molar-refractivity contribution in [2.24, 2.45) is 0 Å². The second kappa shape index (κ2) is 4.87. The van der Waals surface area contributed by atoms with Crippen LogP contribution in [-0.4, -0.2) is 17.9 Å². The third kappa shape index (κ3) is 2.32. The number of hydrogen-bond acceptors (Lipinski definition) is 3. The summed E-state index contributed by atoms with van der Waals surface area (Å²) in [5.41, 5.74) is 8.56. The van der Waals surface area contributed by atoms with E-state index in [0.29, 0.717) is 16.9 Å². The van der Waals surface area contributed by atoms with Crippen molar-refractivity contribution < 1.29 is 4.79 Å². The molecule has 0 atom stereocenters. The van der Waals surface area contributed by atoms with Crippen LogP contribution < -0.4 is 10.6 Å². The number of pyridine rings is 1. The first-order chi connectivity index (χ1) is 8.59. The van der Waals surface area contributed by atoms with E-state index in [1.165, 1.54) is 4.90 Å². The van der Waals surface area contributed by atoms with Gasteiger partial charge in [-0.1, -0.05) is 12.1 Å². The number of aryl methyl sites for hydroxylation is 1. The van der Waals surface area contributed by atoms with E-state index in [1.807, 2.05) is 31.2 Å². The normalized spacial score (nSPS) is 10.1. The minimum absolute atomic E-state index is 0.125. The summed E-state index contributed by atoms with van der Waals surface area (Å²) in [5.74, 6) is -0.125. The zero-order chi connectivity index (χ0) is 13.1. The van der Waals surface area contributed by atoms with Gasteiger partial charge in [-0.3, -0.25) is 9.78 Å². The quantitative estimate of drug-likeness (QED) is 0.820. The number of nitrogens with zero attached hydrogens (tertiary/aromatic N) is 2. The predicted octanol–water partition coefficient (Wildman–Crippen LogP) is 2.25. The molecule has 0 fully saturated rings. The van der Waals surface area contributed by atoms with Gasteiger partial charge in [0.25, 0.3) is 5.91 Å². The molecule has 1 heterocycles. The van der Waals surface area contributed by atoms with Gasteiger partial charge in [0.1, 0.15) is 0 Å². The first-order valence-corrected chi connectivity index (χ1v) is 5.65. The smallest absolute Gasteiger partial charge is 0.259 e. The van der Waals surface area contributed by atoms with Crippen molar-refractivity contribution in [1.82, 2.24) is 4.98 Å². The van der Waals surface area contributed by atoms with E-state index in [4.69, 9.17) is 5.73 Å². The van der Waals surface area contributed by atoms with Gasteiger partial charge in [0.2, 0.25) is 0 Å². The Bertz CT molecular complexity index is 564. The Morgan fingerprint density at radius 1 is 1.22 bits per heavy atom. The number of nitrogens with two attached hydrogens (primary N) is 1. The summed E-state index contributed by atoms with van der Waals surface area (Å²) in [5, 5.41) is 0. The standard InChI is InChI=1S/C14H15N3O/c1-10-7-8-11(9-16-10)14(18)17(2)13-6-4-3-5-12(13)15/h3-9H,15H2,1-2H3. The number of carbonyl (C=O) groups excluding carboxylic acids is 1. The second-order valence-electron chi connectivity index (χ2n) is 4.11. The van der Waals surface area contributed by atoms with Gasteiger partial charge in [-0.05, 0) is 31.2 Å². The molecule has 0 aliphatic rings. The minimum Gasteiger partial charge on any atom is -0.397 e. The molecular formula is C14H15N3O. The fourth-order valence-electron chi connectivity index (χ4n) is 1.69. The number of para-hydroxylation sites is 2. The molecule has 1 aromatic heterocycles. The molecule has 0 saturated carbocycles. The number of hydrogen-bond donors (Lipinski definition) is 1. The van der Waals surface area contributed by atoms with Gasteiger partial charge in [0, 0.05) is 18.9 Å². The lowest BCUT2D eigenvalue weighted by atomic mass is 10.2. The molecule has 18 heavy (non-hydrogen) atoms. The van der Waals surface area contributed by atoms with E-state index in [-0.39, 0.29) is 5.91 Å². The number of rotatable bonds is 2. The third-order valence-electron chi connectivity index (χ3n) is 2.76. The highest BCUT2D eigenvalue weighted by molar-refractivity contribution is 6.06. The lowest BCUT2D eigenvalue weighted by Gasteiger charge is -2.19. The molecule has 0 unspecified atom stereocenters. The minimum atomic E-state index is -0.125. The van der Waals surface area contributed by atoms with Crippen molar-refractivity contribution in [2.45, 2.75) is 6.92 Å². The first-order valence-electron chi connectivity index (χ1n) is 5.65. The number of benzene rings is 1. The molecule has 4 heteroatoms. The van der Waals surface area contributed by atoms with Crippen LogP contribution in [0.25, 0.3) is 0 Å². The molecule has 4 nitrogen and oxygen atoms in total. The van der Waals surface area contributed by atoms with Crippen LogP contribution >= 0.6 is 0 Å². The number of amides is 1. The van der Waals surface area contributed by atoms with Gasteiger partial charge in [-0.15, -0.1) is 0 Å². The number of anilines is 2. The summed E-state index contributed by atoms with van der Waals surface area (Å²) in [4.78, 5) is 17.9. The maximum absolute atomic E-state index is 12.2. The highest BCUT2D eigenvalue weighted by Crippen LogP contribution is 2.22. The Hall–Kier alpha value is -2.36. The van der Waals surface area contributed by atoms with E-state index in [9.17, 15) is 4.79 Å². The Morgan fingerprint density at radius 3 is 2.56 bits per heavy atom. The van der Waals surface area contributed by atoms with E-state index in [1.54, 1.807) is 25.4 Å². The summed E-state index contributed by atoms with van der Waals surface area (Å²) >= 11 is 0. The summed E-state index contributed by atoms with van der Waals surface area (Å²) in [7, 11) is 1.70. The number of aromatic nitrogens is 1. The van der Waals surface area contributed by atoms with Crippen LogP contribution in [0.5, 0.6) is 0 Å². The summed E-state index contributed by atoms with van der Waals surface area (Å²) in [6, 6.07) is 10.9. The Balaban J connectivity index is 2.29. The highest BCUT2D eigenvalue weighted by Gasteiger charge is 2.15. The fourth-order valence-corrected chi connectivity index (χ4v) is 1.69. The molecule has 1 amide bonds. The molecule has 0 bridgehead atoms. The topological polar surface area (TPSA) is 59.2 Å². The van der Waals surface area contributed by atoms with Crippen molar-refractivity contribution in [3.63, 3.8) is 0 Å². The van der Waals surface area contributed by atoms with Gasteiger partial charge in [-0.2, -0.15) is 0 Å². The molecule has 0 aliphatic carbocycles. The van der Waals surface area contributed by atoms with Crippen LogP contribution in [0.1, 0.15) is 16.1 Å². The molecule has 2 rings (SSSR count). The molecule has 0 spiro atoms. The Labute approximate surface area is 106 Å². The molecule has 2 aromatic rings. The van der Waals surface area contributed by atoms with Crippen LogP contribution in [0.15, 0.2) is 42.6 Å². The Kier molecular flexibility index (Phi) is 3.28. The molecule has 0 saturated heterocycles. The van der Waals surface area contributed by atoms with E-state index >= 15 is 0 Å². The van der Waals surface area contributed by atoms with Crippen LogP contribution in [-0.2, 0) is 0 Å². The van der Waals surface area contributed by atoms with Gasteiger partial charge in [0.05, 0.1) is 16.9 Å². The molecule has 92 valence electrons.